The topological polar surface area (TPSA) is 60.9 Å². The van der Waals surface area contributed by atoms with Gasteiger partial charge in [0.1, 0.15) is 5.82 Å². The Kier molecular flexibility index (Phi) is 6.25. The van der Waals surface area contributed by atoms with E-state index in [9.17, 15) is 17.9 Å². The Bertz CT molecular complexity index is 980. The molecule has 2 aromatic carbocycles. The van der Waals surface area contributed by atoms with Crippen molar-refractivity contribution in [2.45, 2.75) is 37.8 Å². The van der Waals surface area contributed by atoms with Crippen LogP contribution in [0.4, 0.5) is 4.39 Å². The average Bonchev–Trinajstić information content (AvgIpc) is 2.73. The molecule has 0 aliphatic carbocycles. The minimum absolute atomic E-state index is 0.0152. The standard InChI is InChI=1S/C23H29FN2O3S/c1-2-30(28,29)25-13-5-6-14-26-21(15-25)23(22(26)16-27)18-11-9-17(10-12-18)19-7-3-4-8-20(19)24/h3-4,7-12,21-23,27H,2,5-6,13-16H2,1H3/t21-,22-,23+/m0/s1. The van der Waals surface area contributed by atoms with Crippen LogP contribution in [-0.4, -0.2) is 66.8 Å². The summed E-state index contributed by atoms with van der Waals surface area (Å²) in [5.41, 5.74) is 2.43. The number of benzene rings is 2. The summed E-state index contributed by atoms with van der Waals surface area (Å²) in [6, 6.07) is 14.5. The Hall–Kier alpha value is -1.80. The van der Waals surface area contributed by atoms with Crippen LogP contribution in [0.2, 0.25) is 0 Å². The Morgan fingerprint density at radius 1 is 1.07 bits per heavy atom. The van der Waals surface area contributed by atoms with E-state index < -0.39 is 10.0 Å². The van der Waals surface area contributed by atoms with Gasteiger partial charge in [-0.2, -0.15) is 0 Å². The molecule has 0 saturated carbocycles. The molecule has 3 atom stereocenters. The van der Waals surface area contributed by atoms with Crippen molar-refractivity contribution >= 4 is 10.0 Å². The first-order valence-corrected chi connectivity index (χ1v) is 12.3. The van der Waals surface area contributed by atoms with E-state index in [4.69, 9.17) is 0 Å². The molecule has 0 radical (unpaired) electrons. The van der Waals surface area contributed by atoms with Gasteiger partial charge in [0.2, 0.25) is 10.0 Å². The predicted octanol–water partition coefficient (Wildman–Crippen LogP) is 3.07. The van der Waals surface area contributed by atoms with Crippen LogP contribution in [0, 0.1) is 5.82 Å². The molecule has 5 nitrogen and oxygen atoms in total. The van der Waals surface area contributed by atoms with Gasteiger partial charge in [-0.25, -0.2) is 17.1 Å². The summed E-state index contributed by atoms with van der Waals surface area (Å²) in [5, 5.41) is 10.0. The molecule has 0 spiro atoms. The number of rotatable bonds is 5. The van der Waals surface area contributed by atoms with Crippen LogP contribution < -0.4 is 0 Å². The van der Waals surface area contributed by atoms with E-state index in [1.54, 1.807) is 23.4 Å². The van der Waals surface area contributed by atoms with Crippen molar-refractivity contribution in [3.8, 4) is 11.1 Å². The molecule has 0 unspecified atom stereocenters. The average molecular weight is 433 g/mol. The van der Waals surface area contributed by atoms with E-state index in [-0.39, 0.29) is 36.2 Å². The summed E-state index contributed by atoms with van der Waals surface area (Å²) in [4.78, 5) is 2.26. The monoisotopic (exact) mass is 432 g/mol. The third kappa shape index (κ3) is 3.91. The smallest absolute Gasteiger partial charge is 0.213 e. The van der Waals surface area contributed by atoms with E-state index in [0.717, 1.165) is 30.5 Å². The van der Waals surface area contributed by atoms with Crippen molar-refractivity contribution in [2.75, 3.05) is 32.0 Å². The van der Waals surface area contributed by atoms with Crippen molar-refractivity contribution in [1.29, 1.82) is 0 Å². The van der Waals surface area contributed by atoms with Gasteiger partial charge in [-0.05, 0) is 43.5 Å². The second kappa shape index (κ2) is 8.75. The number of fused-ring (bicyclic) bond motifs is 1. The third-order valence-electron chi connectivity index (χ3n) is 6.57. The highest BCUT2D eigenvalue weighted by Gasteiger charge is 2.50. The zero-order valence-electron chi connectivity index (χ0n) is 17.2. The van der Waals surface area contributed by atoms with E-state index in [1.165, 1.54) is 6.07 Å². The maximum absolute atomic E-state index is 14.1. The predicted molar refractivity (Wildman–Crippen MR) is 116 cm³/mol. The summed E-state index contributed by atoms with van der Waals surface area (Å²) in [5.74, 6) is -0.100. The summed E-state index contributed by atoms with van der Waals surface area (Å²) < 4.78 is 40.8. The molecule has 4 rings (SSSR count). The summed E-state index contributed by atoms with van der Waals surface area (Å²) in [6.07, 6.45) is 1.75. The van der Waals surface area contributed by atoms with Gasteiger partial charge in [0.05, 0.1) is 12.4 Å². The zero-order chi connectivity index (χ0) is 21.3. The molecule has 162 valence electrons. The van der Waals surface area contributed by atoms with Crippen molar-refractivity contribution in [3.05, 3.63) is 59.9 Å². The molecule has 7 heteroatoms. The molecule has 2 heterocycles. The van der Waals surface area contributed by atoms with Gasteiger partial charge < -0.3 is 5.11 Å². The Balaban J connectivity index is 1.61. The highest BCUT2D eigenvalue weighted by Crippen LogP contribution is 2.42. The molecular weight excluding hydrogens is 403 g/mol. The molecule has 0 aromatic heterocycles. The van der Waals surface area contributed by atoms with Crippen molar-refractivity contribution in [1.82, 2.24) is 9.21 Å². The molecule has 30 heavy (non-hydrogen) atoms. The first-order chi connectivity index (χ1) is 14.5. The molecule has 0 amide bonds. The number of sulfonamides is 1. The summed E-state index contributed by atoms with van der Waals surface area (Å²) in [6.45, 7) is 3.61. The van der Waals surface area contributed by atoms with E-state index in [0.29, 0.717) is 18.7 Å². The van der Waals surface area contributed by atoms with E-state index in [1.807, 2.05) is 30.3 Å². The van der Waals surface area contributed by atoms with Crippen molar-refractivity contribution in [3.63, 3.8) is 0 Å². The number of halogens is 1. The number of aliphatic hydroxyl groups excluding tert-OH is 1. The molecule has 2 aromatic rings. The maximum Gasteiger partial charge on any atom is 0.213 e. The van der Waals surface area contributed by atoms with Crippen molar-refractivity contribution < 1.29 is 17.9 Å². The lowest BCUT2D eigenvalue weighted by Gasteiger charge is -2.57. The second-order valence-electron chi connectivity index (χ2n) is 8.15. The summed E-state index contributed by atoms with van der Waals surface area (Å²) in [7, 11) is -3.26. The van der Waals surface area contributed by atoms with Gasteiger partial charge in [0, 0.05) is 36.7 Å². The van der Waals surface area contributed by atoms with Gasteiger partial charge in [0.15, 0.2) is 0 Å². The summed E-state index contributed by atoms with van der Waals surface area (Å²) >= 11 is 0. The first-order valence-electron chi connectivity index (χ1n) is 10.7. The fourth-order valence-corrected chi connectivity index (χ4v) is 6.08. The molecule has 1 N–H and O–H groups in total. The molecule has 0 bridgehead atoms. The Morgan fingerprint density at radius 3 is 2.43 bits per heavy atom. The van der Waals surface area contributed by atoms with E-state index >= 15 is 0 Å². The van der Waals surface area contributed by atoms with Crippen molar-refractivity contribution in [2.24, 2.45) is 0 Å². The Labute approximate surface area is 178 Å². The highest BCUT2D eigenvalue weighted by atomic mass is 32.2. The molecular formula is C23H29FN2O3S. The number of hydrogen-bond acceptors (Lipinski definition) is 4. The van der Waals surface area contributed by atoms with Gasteiger partial charge in [-0.15, -0.1) is 0 Å². The normalized spacial score (nSPS) is 25.8. The fraction of sp³-hybridized carbons (Fsp3) is 0.478. The maximum atomic E-state index is 14.1. The lowest BCUT2D eigenvalue weighted by molar-refractivity contribution is -0.0553. The largest absolute Gasteiger partial charge is 0.395 e. The quantitative estimate of drug-likeness (QED) is 0.789. The minimum Gasteiger partial charge on any atom is -0.395 e. The number of nitrogens with zero attached hydrogens (tertiary/aromatic N) is 2. The van der Waals surface area contributed by atoms with Crippen LogP contribution in [-0.2, 0) is 10.0 Å². The lowest BCUT2D eigenvalue weighted by atomic mass is 9.74. The number of hydrogen-bond donors (Lipinski definition) is 1. The van der Waals surface area contributed by atoms with Crippen LogP contribution in [0.25, 0.3) is 11.1 Å². The molecule has 2 aliphatic heterocycles. The van der Waals surface area contributed by atoms with Crippen LogP contribution in [0.15, 0.2) is 48.5 Å². The van der Waals surface area contributed by atoms with Crippen LogP contribution in [0.5, 0.6) is 0 Å². The minimum atomic E-state index is -3.26. The van der Waals surface area contributed by atoms with Gasteiger partial charge >= 0.3 is 0 Å². The Morgan fingerprint density at radius 2 is 1.77 bits per heavy atom. The van der Waals surface area contributed by atoms with Gasteiger partial charge in [-0.3, -0.25) is 4.90 Å². The number of aliphatic hydroxyl groups is 1. The first kappa shape index (κ1) is 21.4. The van der Waals surface area contributed by atoms with Gasteiger partial charge in [0.25, 0.3) is 0 Å². The second-order valence-corrected chi connectivity index (χ2v) is 10.4. The third-order valence-corrected chi connectivity index (χ3v) is 8.42. The van der Waals surface area contributed by atoms with E-state index in [2.05, 4.69) is 4.90 Å². The van der Waals surface area contributed by atoms with Gasteiger partial charge in [-0.1, -0.05) is 42.5 Å². The molecule has 2 saturated heterocycles. The molecule has 2 fully saturated rings. The highest BCUT2D eigenvalue weighted by molar-refractivity contribution is 7.89. The van der Waals surface area contributed by atoms with Crippen LogP contribution in [0.1, 0.15) is 31.2 Å². The molecule has 2 aliphatic rings. The SMILES string of the molecule is CCS(=O)(=O)N1CCCCN2[C@@H](CO)[C@H](c3ccc(-c4ccccc4F)cc3)[C@@H]2C1. The van der Waals surface area contributed by atoms with Crippen LogP contribution >= 0.6 is 0 Å². The zero-order valence-corrected chi connectivity index (χ0v) is 18.1. The fourth-order valence-electron chi connectivity index (χ4n) is 4.92. The lowest BCUT2D eigenvalue weighted by Crippen LogP contribution is -2.67. The van der Waals surface area contributed by atoms with Crippen LogP contribution in [0.3, 0.4) is 0 Å².